The Kier molecular flexibility index (Phi) is 5.29. The molecule has 148 valence electrons. The van der Waals surface area contributed by atoms with Gasteiger partial charge in [0, 0.05) is 34.5 Å². The molecule has 0 aromatic heterocycles. The van der Waals surface area contributed by atoms with Gasteiger partial charge in [-0.1, -0.05) is 48.7 Å². The fourth-order valence-corrected chi connectivity index (χ4v) is 6.75. The first-order chi connectivity index (χ1) is 13.4. The van der Waals surface area contributed by atoms with Gasteiger partial charge < -0.3 is 5.73 Å². The molecule has 2 aliphatic heterocycles. The lowest BCUT2D eigenvalue weighted by atomic mass is 9.96. The van der Waals surface area contributed by atoms with Crippen LogP contribution >= 0.6 is 11.8 Å². The number of benzene rings is 2. The van der Waals surface area contributed by atoms with Crippen molar-refractivity contribution in [2.75, 3.05) is 13.1 Å². The van der Waals surface area contributed by atoms with Crippen LogP contribution in [0, 0.1) is 5.92 Å². The second kappa shape index (κ2) is 7.58. The van der Waals surface area contributed by atoms with Crippen LogP contribution in [0.4, 0.5) is 0 Å². The highest BCUT2D eigenvalue weighted by atomic mass is 32.2. The van der Waals surface area contributed by atoms with Crippen LogP contribution in [0.25, 0.3) is 0 Å². The van der Waals surface area contributed by atoms with Crippen LogP contribution in [0.3, 0.4) is 0 Å². The molecule has 0 saturated carbocycles. The Bertz CT molecular complexity index is 1010. The number of nitrogens with two attached hydrogens (primary N) is 1. The fraction of sp³-hybridized carbons (Fsp3) is 0.364. The molecule has 6 heteroatoms. The third-order valence-corrected chi connectivity index (χ3v) is 9.40. The van der Waals surface area contributed by atoms with Crippen LogP contribution < -0.4 is 5.73 Å². The summed E-state index contributed by atoms with van der Waals surface area (Å²) in [6, 6.07) is 14.5. The molecule has 2 aromatic rings. The number of nitrogens with zero attached hydrogens (tertiary/aromatic N) is 1. The van der Waals surface area contributed by atoms with E-state index in [1.54, 1.807) is 23.0 Å². The first-order valence-electron chi connectivity index (χ1n) is 9.68. The van der Waals surface area contributed by atoms with Crippen molar-refractivity contribution in [3.05, 3.63) is 71.4 Å². The second-order valence-corrected chi connectivity index (χ2v) is 11.0. The van der Waals surface area contributed by atoms with Gasteiger partial charge in [-0.3, -0.25) is 0 Å². The van der Waals surface area contributed by atoms with Crippen molar-refractivity contribution < 1.29 is 8.42 Å². The van der Waals surface area contributed by atoms with Crippen molar-refractivity contribution in [1.82, 2.24) is 4.31 Å². The minimum absolute atomic E-state index is 0.225. The Labute approximate surface area is 171 Å². The highest BCUT2D eigenvalue weighted by Gasteiger charge is 2.33. The summed E-state index contributed by atoms with van der Waals surface area (Å²) < 4.78 is 28.0. The van der Waals surface area contributed by atoms with Crippen molar-refractivity contribution in [1.29, 1.82) is 0 Å². The lowest BCUT2D eigenvalue weighted by Crippen LogP contribution is -2.41. The topological polar surface area (TPSA) is 63.4 Å². The third-order valence-electron chi connectivity index (χ3n) is 5.91. The van der Waals surface area contributed by atoms with Crippen LogP contribution in [0.15, 0.2) is 64.5 Å². The molecule has 0 spiro atoms. The van der Waals surface area contributed by atoms with Crippen molar-refractivity contribution in [2.24, 2.45) is 11.7 Å². The van der Waals surface area contributed by atoms with Crippen molar-refractivity contribution in [3.63, 3.8) is 0 Å². The van der Waals surface area contributed by atoms with Gasteiger partial charge in [-0.15, -0.1) is 0 Å². The molecule has 1 atom stereocenters. The summed E-state index contributed by atoms with van der Waals surface area (Å²) in [6.45, 7) is 6.65. The van der Waals surface area contributed by atoms with E-state index in [0.717, 1.165) is 24.8 Å². The zero-order valence-corrected chi connectivity index (χ0v) is 17.7. The SMILES string of the molecule is C=C(N)C1CCN(S(=O)(=O)C(C)c2ccc3c(c2)Cc2ccccc2S3)CC1. The molecule has 28 heavy (non-hydrogen) atoms. The smallest absolute Gasteiger partial charge is 0.220 e. The summed E-state index contributed by atoms with van der Waals surface area (Å²) in [5.74, 6) is 0.225. The van der Waals surface area contributed by atoms with Crippen LogP contribution in [0.1, 0.15) is 41.7 Å². The third kappa shape index (κ3) is 3.61. The molecular weight excluding hydrogens is 388 g/mol. The number of fused-ring (bicyclic) bond motifs is 2. The summed E-state index contributed by atoms with van der Waals surface area (Å²) in [5.41, 5.74) is 9.85. The molecule has 4 nitrogen and oxygen atoms in total. The largest absolute Gasteiger partial charge is 0.402 e. The van der Waals surface area contributed by atoms with E-state index < -0.39 is 15.3 Å². The second-order valence-electron chi connectivity index (χ2n) is 7.69. The zero-order valence-electron chi connectivity index (χ0n) is 16.1. The quantitative estimate of drug-likeness (QED) is 0.691. The molecule has 1 saturated heterocycles. The maximum absolute atomic E-state index is 13.2. The number of allylic oxidation sites excluding steroid dienone is 1. The van der Waals surface area contributed by atoms with E-state index in [9.17, 15) is 8.42 Å². The summed E-state index contributed by atoms with van der Waals surface area (Å²) in [6.07, 6.45) is 2.35. The van der Waals surface area contributed by atoms with Gasteiger partial charge in [-0.05, 0) is 55.0 Å². The van der Waals surface area contributed by atoms with E-state index in [1.807, 2.05) is 6.07 Å². The first kappa shape index (κ1) is 19.6. The van der Waals surface area contributed by atoms with Gasteiger partial charge in [0.15, 0.2) is 0 Å². The number of sulfonamides is 1. The first-order valence-corrected chi connectivity index (χ1v) is 12.0. The lowest BCUT2D eigenvalue weighted by Gasteiger charge is -2.33. The van der Waals surface area contributed by atoms with Crippen LogP contribution in [-0.4, -0.2) is 25.8 Å². The van der Waals surface area contributed by atoms with Crippen molar-refractivity contribution in [3.8, 4) is 0 Å². The van der Waals surface area contributed by atoms with Crippen LogP contribution in [0.2, 0.25) is 0 Å². The molecule has 1 unspecified atom stereocenters. The Morgan fingerprint density at radius 1 is 1.14 bits per heavy atom. The van der Waals surface area contributed by atoms with E-state index in [1.165, 1.54) is 20.9 Å². The van der Waals surface area contributed by atoms with Crippen LogP contribution in [-0.2, 0) is 16.4 Å². The molecule has 2 heterocycles. The van der Waals surface area contributed by atoms with Gasteiger partial charge >= 0.3 is 0 Å². The van der Waals surface area contributed by atoms with Gasteiger partial charge in [-0.2, -0.15) is 0 Å². The van der Waals surface area contributed by atoms with Gasteiger partial charge in [0.1, 0.15) is 0 Å². The molecule has 2 aliphatic rings. The molecule has 0 bridgehead atoms. The lowest BCUT2D eigenvalue weighted by molar-refractivity contribution is 0.295. The summed E-state index contributed by atoms with van der Waals surface area (Å²) in [7, 11) is -3.40. The fourth-order valence-electron chi connectivity index (χ4n) is 4.04. The molecular formula is C22H26N2O2S2. The monoisotopic (exact) mass is 414 g/mol. The Hall–Kier alpha value is -1.76. The van der Waals surface area contributed by atoms with Crippen LogP contribution in [0.5, 0.6) is 0 Å². The summed E-state index contributed by atoms with van der Waals surface area (Å²) in [4.78, 5) is 2.50. The molecule has 4 rings (SSSR count). The average molecular weight is 415 g/mol. The number of hydrogen-bond acceptors (Lipinski definition) is 4. The van der Waals surface area contributed by atoms with Crippen molar-refractivity contribution >= 4 is 21.8 Å². The Morgan fingerprint density at radius 3 is 2.54 bits per heavy atom. The minimum atomic E-state index is -3.40. The molecule has 0 amide bonds. The maximum Gasteiger partial charge on any atom is 0.220 e. The van der Waals surface area contributed by atoms with Gasteiger partial charge in [0.25, 0.3) is 0 Å². The predicted molar refractivity (Wildman–Crippen MR) is 115 cm³/mol. The van der Waals surface area contributed by atoms with E-state index >= 15 is 0 Å². The highest BCUT2D eigenvalue weighted by Crippen LogP contribution is 2.41. The standard InChI is InChI=1S/C22H26N2O2S2/c1-15(23)17-9-11-24(12-10-17)28(25,26)16(2)18-7-8-22-20(13-18)14-19-5-3-4-6-21(19)27-22/h3-8,13,16-17H,1,9-12,14,23H2,2H3. The molecule has 2 N–H and O–H groups in total. The number of piperidine rings is 1. The van der Waals surface area contributed by atoms with Gasteiger partial charge in [0.05, 0.1) is 5.25 Å². The van der Waals surface area contributed by atoms with E-state index in [0.29, 0.717) is 18.8 Å². The highest BCUT2D eigenvalue weighted by molar-refractivity contribution is 7.99. The zero-order chi connectivity index (χ0) is 19.9. The Balaban J connectivity index is 1.54. The number of hydrogen-bond donors (Lipinski definition) is 1. The molecule has 2 aromatic carbocycles. The number of rotatable bonds is 4. The normalized spacial score (nSPS) is 18.9. The van der Waals surface area contributed by atoms with Gasteiger partial charge in [0.2, 0.25) is 10.0 Å². The summed E-state index contributed by atoms with van der Waals surface area (Å²) >= 11 is 1.76. The Morgan fingerprint density at radius 2 is 1.82 bits per heavy atom. The molecule has 0 aliphatic carbocycles. The van der Waals surface area contributed by atoms with Gasteiger partial charge in [-0.25, -0.2) is 12.7 Å². The van der Waals surface area contributed by atoms with E-state index in [-0.39, 0.29) is 5.92 Å². The van der Waals surface area contributed by atoms with Crippen molar-refractivity contribution in [2.45, 2.75) is 41.2 Å². The van der Waals surface area contributed by atoms with E-state index in [2.05, 4.69) is 43.0 Å². The molecule has 0 radical (unpaired) electrons. The maximum atomic E-state index is 13.2. The average Bonchev–Trinajstić information content (AvgIpc) is 2.71. The van der Waals surface area contributed by atoms with E-state index in [4.69, 9.17) is 5.73 Å². The summed E-state index contributed by atoms with van der Waals surface area (Å²) in [5, 5.41) is -0.558. The predicted octanol–water partition coefficient (Wildman–Crippen LogP) is 4.32. The molecule has 1 fully saturated rings. The minimum Gasteiger partial charge on any atom is -0.402 e.